The number of carbonyl (C=O) groups excluding carboxylic acids is 1. The standard InChI is InChI=1S/C17H28N2O3/c1-13(15-9-7-10-18-15)21-12-14-8-5-6-11-19(14)16(20)22-17(2,3)4/h7,9-10,13-14,18H,5-6,8,11-12H2,1-4H3/t13-,14-/m0/s1. The number of hydrogen-bond donors (Lipinski definition) is 1. The van der Waals surface area contributed by atoms with Gasteiger partial charge < -0.3 is 19.4 Å². The molecule has 5 nitrogen and oxygen atoms in total. The van der Waals surface area contributed by atoms with E-state index >= 15 is 0 Å². The second kappa shape index (κ2) is 7.18. The van der Waals surface area contributed by atoms with Gasteiger partial charge in [0, 0.05) is 18.4 Å². The second-order valence-corrected chi connectivity index (χ2v) is 6.92. The lowest BCUT2D eigenvalue weighted by atomic mass is 10.0. The number of ether oxygens (including phenoxy) is 2. The maximum Gasteiger partial charge on any atom is 0.410 e. The highest BCUT2D eigenvalue weighted by Crippen LogP contribution is 2.23. The van der Waals surface area contributed by atoms with E-state index in [1.807, 2.05) is 50.9 Å². The van der Waals surface area contributed by atoms with Crippen molar-refractivity contribution < 1.29 is 14.3 Å². The van der Waals surface area contributed by atoms with Crippen LogP contribution in [0.2, 0.25) is 0 Å². The predicted octanol–water partition coefficient (Wildman–Crippen LogP) is 3.88. The van der Waals surface area contributed by atoms with Gasteiger partial charge in [-0.15, -0.1) is 0 Å². The van der Waals surface area contributed by atoms with E-state index in [1.54, 1.807) is 0 Å². The summed E-state index contributed by atoms with van der Waals surface area (Å²) in [5.74, 6) is 0. The third-order valence-corrected chi connectivity index (χ3v) is 3.85. The van der Waals surface area contributed by atoms with Gasteiger partial charge >= 0.3 is 6.09 Å². The molecule has 124 valence electrons. The molecule has 1 saturated heterocycles. The molecule has 1 fully saturated rings. The Labute approximate surface area is 133 Å². The highest BCUT2D eigenvalue weighted by atomic mass is 16.6. The number of amides is 1. The SMILES string of the molecule is C[C@H](OC[C@@H]1CCCCN1C(=O)OC(C)(C)C)c1ccc[nH]1. The molecule has 0 radical (unpaired) electrons. The predicted molar refractivity (Wildman–Crippen MR) is 85.7 cm³/mol. The maximum atomic E-state index is 12.3. The number of nitrogens with one attached hydrogen (secondary N) is 1. The molecule has 5 heteroatoms. The van der Waals surface area contributed by atoms with Gasteiger partial charge in [-0.1, -0.05) is 0 Å². The van der Waals surface area contributed by atoms with Gasteiger partial charge in [0.1, 0.15) is 5.60 Å². The molecule has 22 heavy (non-hydrogen) atoms. The summed E-state index contributed by atoms with van der Waals surface area (Å²) in [5.41, 5.74) is 0.594. The van der Waals surface area contributed by atoms with E-state index in [2.05, 4.69) is 4.98 Å². The van der Waals surface area contributed by atoms with E-state index in [0.29, 0.717) is 6.61 Å². The lowest BCUT2D eigenvalue weighted by Gasteiger charge is -2.37. The molecular weight excluding hydrogens is 280 g/mol. The Morgan fingerprint density at radius 2 is 2.23 bits per heavy atom. The molecule has 0 bridgehead atoms. The van der Waals surface area contributed by atoms with Crippen molar-refractivity contribution in [3.8, 4) is 0 Å². The Morgan fingerprint density at radius 1 is 1.45 bits per heavy atom. The molecule has 0 aliphatic carbocycles. The Balaban J connectivity index is 1.90. The molecule has 1 aliphatic heterocycles. The number of H-pyrrole nitrogens is 1. The molecule has 1 aromatic heterocycles. The molecule has 2 atom stereocenters. The molecular formula is C17H28N2O3. The van der Waals surface area contributed by atoms with Crippen LogP contribution in [0.25, 0.3) is 0 Å². The summed E-state index contributed by atoms with van der Waals surface area (Å²) in [4.78, 5) is 17.3. The van der Waals surface area contributed by atoms with Crippen LogP contribution in [-0.4, -0.2) is 40.8 Å². The number of hydrogen-bond acceptors (Lipinski definition) is 3. The van der Waals surface area contributed by atoms with Crippen LogP contribution >= 0.6 is 0 Å². The number of piperidine rings is 1. The molecule has 0 saturated carbocycles. The fourth-order valence-corrected chi connectivity index (χ4v) is 2.68. The first-order chi connectivity index (χ1) is 10.4. The summed E-state index contributed by atoms with van der Waals surface area (Å²) in [6.07, 6.45) is 4.79. The van der Waals surface area contributed by atoms with E-state index in [0.717, 1.165) is 31.5 Å². The molecule has 2 heterocycles. The van der Waals surface area contributed by atoms with Gasteiger partial charge in [-0.05, 0) is 59.1 Å². The number of carbonyl (C=O) groups is 1. The van der Waals surface area contributed by atoms with Crippen LogP contribution in [0.3, 0.4) is 0 Å². The fourth-order valence-electron chi connectivity index (χ4n) is 2.68. The van der Waals surface area contributed by atoms with E-state index in [4.69, 9.17) is 9.47 Å². The number of nitrogens with zero attached hydrogens (tertiary/aromatic N) is 1. The van der Waals surface area contributed by atoms with Gasteiger partial charge in [0.15, 0.2) is 0 Å². The smallest absolute Gasteiger partial charge is 0.410 e. The third-order valence-electron chi connectivity index (χ3n) is 3.85. The Kier molecular flexibility index (Phi) is 5.51. The first-order valence-electron chi connectivity index (χ1n) is 8.11. The van der Waals surface area contributed by atoms with Crippen LogP contribution in [0, 0.1) is 0 Å². The monoisotopic (exact) mass is 308 g/mol. The molecule has 0 aromatic carbocycles. The number of rotatable bonds is 4. The van der Waals surface area contributed by atoms with Crippen molar-refractivity contribution in [2.75, 3.05) is 13.2 Å². The second-order valence-electron chi connectivity index (χ2n) is 6.92. The van der Waals surface area contributed by atoms with E-state index in [-0.39, 0.29) is 18.2 Å². The van der Waals surface area contributed by atoms with Gasteiger partial charge in [0.25, 0.3) is 0 Å². The van der Waals surface area contributed by atoms with Crippen molar-refractivity contribution in [2.24, 2.45) is 0 Å². The van der Waals surface area contributed by atoms with Gasteiger partial charge in [0.05, 0.1) is 18.8 Å². The normalized spacial score (nSPS) is 20.7. The van der Waals surface area contributed by atoms with Crippen molar-refractivity contribution in [3.63, 3.8) is 0 Å². The third kappa shape index (κ3) is 4.77. The summed E-state index contributed by atoms with van der Waals surface area (Å²) in [5, 5.41) is 0. The van der Waals surface area contributed by atoms with Gasteiger partial charge in [0.2, 0.25) is 0 Å². The van der Waals surface area contributed by atoms with Crippen molar-refractivity contribution >= 4 is 6.09 Å². The van der Waals surface area contributed by atoms with Crippen molar-refractivity contribution in [1.29, 1.82) is 0 Å². The number of aromatic amines is 1. The molecule has 1 aliphatic rings. The minimum Gasteiger partial charge on any atom is -0.444 e. The van der Waals surface area contributed by atoms with Gasteiger partial charge in [-0.3, -0.25) is 0 Å². The highest BCUT2D eigenvalue weighted by Gasteiger charge is 2.30. The summed E-state index contributed by atoms with van der Waals surface area (Å²) in [6.45, 7) is 9.00. The van der Waals surface area contributed by atoms with Crippen molar-refractivity contribution in [3.05, 3.63) is 24.0 Å². The molecule has 1 N–H and O–H groups in total. The molecule has 0 spiro atoms. The largest absolute Gasteiger partial charge is 0.444 e. The zero-order valence-corrected chi connectivity index (χ0v) is 14.1. The number of aromatic nitrogens is 1. The van der Waals surface area contributed by atoms with E-state index < -0.39 is 5.60 Å². The molecule has 2 rings (SSSR count). The first-order valence-corrected chi connectivity index (χ1v) is 8.11. The summed E-state index contributed by atoms with van der Waals surface area (Å²) >= 11 is 0. The first kappa shape index (κ1) is 16.9. The van der Waals surface area contributed by atoms with E-state index in [1.165, 1.54) is 0 Å². The zero-order valence-electron chi connectivity index (χ0n) is 14.1. The van der Waals surface area contributed by atoms with Crippen LogP contribution in [0.4, 0.5) is 4.79 Å². The Morgan fingerprint density at radius 3 is 2.86 bits per heavy atom. The quantitative estimate of drug-likeness (QED) is 0.918. The highest BCUT2D eigenvalue weighted by molar-refractivity contribution is 5.68. The average molecular weight is 308 g/mol. The van der Waals surface area contributed by atoms with Crippen LogP contribution in [0.1, 0.15) is 58.8 Å². The van der Waals surface area contributed by atoms with Crippen LogP contribution in [0.5, 0.6) is 0 Å². The van der Waals surface area contributed by atoms with E-state index in [9.17, 15) is 4.79 Å². The molecule has 0 unspecified atom stereocenters. The maximum absolute atomic E-state index is 12.3. The van der Waals surface area contributed by atoms with Crippen molar-refractivity contribution in [2.45, 2.75) is 64.7 Å². The lowest BCUT2D eigenvalue weighted by Crippen LogP contribution is -2.48. The minimum atomic E-state index is -0.461. The Bertz CT molecular complexity index is 465. The van der Waals surface area contributed by atoms with Crippen molar-refractivity contribution in [1.82, 2.24) is 9.88 Å². The Hall–Kier alpha value is -1.49. The number of likely N-dealkylation sites (tertiary alicyclic amines) is 1. The van der Waals surface area contributed by atoms with Gasteiger partial charge in [-0.2, -0.15) is 0 Å². The molecule has 1 amide bonds. The van der Waals surface area contributed by atoms with Crippen LogP contribution < -0.4 is 0 Å². The van der Waals surface area contributed by atoms with Crippen LogP contribution in [-0.2, 0) is 9.47 Å². The molecule has 1 aromatic rings. The lowest BCUT2D eigenvalue weighted by molar-refractivity contribution is -0.0217. The minimum absolute atomic E-state index is 0.00240. The van der Waals surface area contributed by atoms with Crippen LogP contribution in [0.15, 0.2) is 18.3 Å². The van der Waals surface area contributed by atoms with Gasteiger partial charge in [-0.25, -0.2) is 4.79 Å². The topological polar surface area (TPSA) is 54.6 Å². The average Bonchev–Trinajstić information content (AvgIpc) is 2.97. The summed E-state index contributed by atoms with van der Waals surface area (Å²) in [7, 11) is 0. The fraction of sp³-hybridized carbons (Fsp3) is 0.706. The zero-order chi connectivity index (χ0) is 16.2. The summed E-state index contributed by atoms with van der Waals surface area (Å²) in [6, 6.07) is 4.07. The summed E-state index contributed by atoms with van der Waals surface area (Å²) < 4.78 is 11.5.